The van der Waals surface area contributed by atoms with Crippen molar-refractivity contribution in [3.63, 3.8) is 0 Å². The summed E-state index contributed by atoms with van der Waals surface area (Å²) in [6.45, 7) is 4.59. The van der Waals surface area contributed by atoms with E-state index in [0.717, 1.165) is 17.9 Å². The van der Waals surface area contributed by atoms with Gasteiger partial charge in [0.25, 0.3) is 0 Å². The number of thioether (sulfide) groups is 1. The molecule has 2 aliphatic heterocycles. The van der Waals surface area contributed by atoms with Crippen molar-refractivity contribution < 1.29 is 14.3 Å². The van der Waals surface area contributed by atoms with E-state index in [9.17, 15) is 9.59 Å². The summed E-state index contributed by atoms with van der Waals surface area (Å²) in [4.78, 5) is 26.1. The third kappa shape index (κ3) is 2.67. The maximum Gasteiger partial charge on any atom is 0.248 e. The summed E-state index contributed by atoms with van der Waals surface area (Å²) in [7, 11) is 0. The number of nitrogens with zero attached hydrogens (tertiary/aromatic N) is 1. The Balaban J connectivity index is 1.68. The van der Waals surface area contributed by atoms with Gasteiger partial charge in [0.05, 0.1) is 11.5 Å². The van der Waals surface area contributed by atoms with Crippen molar-refractivity contribution in [3.8, 4) is 5.75 Å². The Morgan fingerprint density at radius 1 is 1.45 bits per heavy atom. The molecule has 3 rings (SSSR count). The number of rotatable bonds is 4. The number of nitrogens with one attached hydrogen (secondary N) is 1. The Morgan fingerprint density at radius 2 is 2.18 bits per heavy atom. The number of fused-ring (bicyclic) bond motifs is 1. The van der Waals surface area contributed by atoms with Gasteiger partial charge in [-0.05, 0) is 44.5 Å². The lowest BCUT2D eigenvalue weighted by atomic mass is 10.2. The van der Waals surface area contributed by atoms with Gasteiger partial charge in [0.15, 0.2) is 0 Å². The van der Waals surface area contributed by atoms with Gasteiger partial charge in [-0.15, -0.1) is 11.8 Å². The highest BCUT2D eigenvalue weighted by Gasteiger charge is 2.52. The number of ether oxygens (including phenoxy) is 1. The van der Waals surface area contributed by atoms with Crippen LogP contribution in [0.3, 0.4) is 0 Å². The van der Waals surface area contributed by atoms with Crippen molar-refractivity contribution in [2.45, 2.75) is 37.6 Å². The third-order valence-corrected chi connectivity index (χ3v) is 5.69. The average molecular weight is 320 g/mol. The van der Waals surface area contributed by atoms with Crippen molar-refractivity contribution in [2.24, 2.45) is 0 Å². The van der Waals surface area contributed by atoms with Gasteiger partial charge in [-0.3, -0.25) is 9.59 Å². The van der Waals surface area contributed by atoms with Gasteiger partial charge in [0.2, 0.25) is 11.8 Å². The lowest BCUT2D eigenvalue weighted by molar-refractivity contribution is -0.135. The molecule has 0 bridgehead atoms. The zero-order chi connectivity index (χ0) is 15.7. The monoisotopic (exact) mass is 320 g/mol. The second-order valence-corrected chi connectivity index (χ2v) is 7.21. The van der Waals surface area contributed by atoms with Gasteiger partial charge >= 0.3 is 0 Å². The first-order valence-electron chi connectivity index (χ1n) is 7.53. The first kappa shape index (κ1) is 15.2. The molecule has 0 unspecified atom stereocenters. The number of carbonyl (C=O) groups is 2. The Bertz CT molecular complexity index is 590. The van der Waals surface area contributed by atoms with E-state index in [0.29, 0.717) is 18.8 Å². The quantitative estimate of drug-likeness (QED) is 0.926. The molecule has 2 saturated heterocycles. The second kappa shape index (κ2) is 5.83. The molecular formula is C16H20N2O3S. The zero-order valence-corrected chi connectivity index (χ0v) is 13.6. The van der Waals surface area contributed by atoms with Crippen molar-refractivity contribution >= 4 is 29.3 Å². The normalized spacial score (nSPS) is 26.9. The maximum atomic E-state index is 12.5. The Morgan fingerprint density at radius 3 is 2.86 bits per heavy atom. The minimum absolute atomic E-state index is 0.0827. The van der Waals surface area contributed by atoms with Crippen molar-refractivity contribution in [3.05, 3.63) is 24.3 Å². The minimum Gasteiger partial charge on any atom is -0.494 e. The Kier molecular flexibility index (Phi) is 4.04. The summed E-state index contributed by atoms with van der Waals surface area (Å²) >= 11 is 1.70. The molecule has 5 nitrogen and oxygen atoms in total. The van der Waals surface area contributed by atoms with Crippen LogP contribution in [0.25, 0.3) is 0 Å². The largest absolute Gasteiger partial charge is 0.494 e. The van der Waals surface area contributed by atoms with Crippen LogP contribution in [0.5, 0.6) is 5.75 Å². The summed E-state index contributed by atoms with van der Waals surface area (Å²) in [6, 6.07) is 6.91. The van der Waals surface area contributed by atoms with Gasteiger partial charge in [0.1, 0.15) is 11.8 Å². The molecule has 22 heavy (non-hydrogen) atoms. The molecule has 2 amide bonds. The van der Waals surface area contributed by atoms with Crippen LogP contribution in [0.1, 0.15) is 26.7 Å². The number of anilines is 1. The van der Waals surface area contributed by atoms with Crippen LogP contribution in [0.4, 0.5) is 5.69 Å². The predicted octanol–water partition coefficient (Wildman–Crippen LogP) is 2.48. The predicted molar refractivity (Wildman–Crippen MR) is 87.0 cm³/mol. The molecule has 0 aliphatic carbocycles. The standard InChI is InChI=1S/C16H20N2O3S/c1-3-21-12-6-4-11(5-7-12)17-15(20)13-10-22-16(2)9-8-14(19)18(13)16/h4-7,13H,3,8-10H2,1-2H3,(H,17,20)/t13-,16+/m1/s1. The van der Waals surface area contributed by atoms with Gasteiger partial charge < -0.3 is 15.0 Å². The van der Waals surface area contributed by atoms with E-state index < -0.39 is 0 Å². The fourth-order valence-electron chi connectivity index (χ4n) is 3.04. The topological polar surface area (TPSA) is 58.6 Å². The van der Waals surface area contributed by atoms with Crippen LogP contribution < -0.4 is 10.1 Å². The van der Waals surface area contributed by atoms with Crippen LogP contribution in [0, 0.1) is 0 Å². The molecule has 0 saturated carbocycles. The molecule has 1 N–H and O–H groups in total. The number of carbonyl (C=O) groups excluding carboxylic acids is 2. The number of amides is 2. The molecule has 0 aromatic heterocycles. The summed E-state index contributed by atoms with van der Waals surface area (Å²) in [5.41, 5.74) is 0.721. The summed E-state index contributed by atoms with van der Waals surface area (Å²) in [6.07, 6.45) is 1.36. The van der Waals surface area contributed by atoms with Gasteiger partial charge in [-0.2, -0.15) is 0 Å². The molecule has 6 heteroatoms. The van der Waals surface area contributed by atoms with E-state index in [1.165, 1.54) is 0 Å². The van der Waals surface area contributed by atoms with Gasteiger partial charge in [0, 0.05) is 17.9 Å². The van der Waals surface area contributed by atoms with Crippen LogP contribution in [0.15, 0.2) is 24.3 Å². The molecule has 1 aromatic carbocycles. The third-order valence-electron chi connectivity index (χ3n) is 4.18. The smallest absolute Gasteiger partial charge is 0.248 e. The molecule has 2 fully saturated rings. The highest BCUT2D eigenvalue weighted by atomic mass is 32.2. The fourth-order valence-corrected chi connectivity index (χ4v) is 4.47. The van der Waals surface area contributed by atoms with E-state index in [4.69, 9.17) is 4.74 Å². The zero-order valence-electron chi connectivity index (χ0n) is 12.8. The van der Waals surface area contributed by atoms with Crippen molar-refractivity contribution in [2.75, 3.05) is 17.7 Å². The van der Waals surface area contributed by atoms with E-state index >= 15 is 0 Å². The number of hydrogen-bond acceptors (Lipinski definition) is 4. The molecule has 2 heterocycles. The molecule has 2 atom stereocenters. The van der Waals surface area contributed by atoms with Crippen molar-refractivity contribution in [1.29, 1.82) is 0 Å². The molecular weight excluding hydrogens is 300 g/mol. The van der Waals surface area contributed by atoms with Crippen LogP contribution in [-0.4, -0.2) is 40.0 Å². The van der Waals surface area contributed by atoms with E-state index in [2.05, 4.69) is 5.32 Å². The van der Waals surface area contributed by atoms with Crippen LogP contribution in [0.2, 0.25) is 0 Å². The summed E-state index contributed by atoms with van der Waals surface area (Å²) in [5.74, 6) is 1.40. The first-order valence-corrected chi connectivity index (χ1v) is 8.52. The Labute approximate surface area is 134 Å². The molecule has 1 aromatic rings. The number of benzene rings is 1. The fraction of sp³-hybridized carbons (Fsp3) is 0.500. The van der Waals surface area contributed by atoms with E-state index in [-0.39, 0.29) is 22.7 Å². The summed E-state index contributed by atoms with van der Waals surface area (Å²) < 4.78 is 5.38. The maximum absolute atomic E-state index is 12.5. The second-order valence-electron chi connectivity index (χ2n) is 5.71. The lowest BCUT2D eigenvalue weighted by Crippen LogP contribution is -2.48. The highest BCUT2D eigenvalue weighted by Crippen LogP contribution is 2.47. The molecule has 0 spiro atoms. The van der Waals surface area contributed by atoms with Gasteiger partial charge in [-0.1, -0.05) is 0 Å². The van der Waals surface area contributed by atoms with Crippen LogP contribution in [-0.2, 0) is 9.59 Å². The minimum atomic E-state index is -0.378. The highest BCUT2D eigenvalue weighted by molar-refractivity contribution is 8.01. The molecule has 0 radical (unpaired) electrons. The van der Waals surface area contributed by atoms with E-state index in [1.54, 1.807) is 16.7 Å². The Hall–Kier alpha value is -1.69. The van der Waals surface area contributed by atoms with E-state index in [1.807, 2.05) is 38.1 Å². The van der Waals surface area contributed by atoms with Gasteiger partial charge in [-0.25, -0.2) is 0 Å². The molecule has 2 aliphatic rings. The first-order chi connectivity index (χ1) is 10.5. The average Bonchev–Trinajstić information content (AvgIpc) is 2.98. The molecule has 118 valence electrons. The van der Waals surface area contributed by atoms with Crippen molar-refractivity contribution in [1.82, 2.24) is 4.90 Å². The lowest BCUT2D eigenvalue weighted by Gasteiger charge is -2.29. The summed E-state index contributed by atoms with van der Waals surface area (Å²) in [5, 5.41) is 2.90. The number of hydrogen-bond donors (Lipinski definition) is 1. The van der Waals surface area contributed by atoms with Crippen LogP contribution >= 0.6 is 11.8 Å². The SMILES string of the molecule is CCOc1ccc(NC(=O)[C@H]2CS[C@@]3(C)CCC(=O)N23)cc1.